The maximum Gasteiger partial charge on any atom is 0.159 e. The lowest BCUT2D eigenvalue weighted by atomic mass is 10.2. The van der Waals surface area contributed by atoms with Crippen LogP contribution < -0.4 is 0 Å². The molecular weight excluding hydrogens is 378 g/mol. The van der Waals surface area contributed by atoms with Crippen molar-refractivity contribution < 1.29 is 4.79 Å². The Morgan fingerprint density at radius 1 is 1.22 bits per heavy atom. The molecule has 1 aromatic carbocycles. The lowest BCUT2D eigenvalue weighted by Crippen LogP contribution is -1.92. The first-order chi connectivity index (χ1) is 8.58. The van der Waals surface area contributed by atoms with Crippen molar-refractivity contribution in [1.82, 2.24) is 4.98 Å². The summed E-state index contributed by atoms with van der Waals surface area (Å²) in [6.45, 7) is 1.56. The van der Waals surface area contributed by atoms with Crippen LogP contribution in [0.4, 0.5) is 0 Å². The SMILES string of the molecule is CC(=O)c1ccc(Sc2ncccc2Br)c(Br)c1. The molecule has 2 aromatic rings. The van der Waals surface area contributed by atoms with Gasteiger partial charge in [-0.2, -0.15) is 0 Å². The first-order valence-electron chi connectivity index (χ1n) is 5.17. The summed E-state index contributed by atoms with van der Waals surface area (Å²) in [5.74, 6) is 0.0614. The fraction of sp³-hybridized carbons (Fsp3) is 0.0769. The van der Waals surface area contributed by atoms with Gasteiger partial charge in [-0.15, -0.1) is 0 Å². The molecule has 1 aromatic heterocycles. The summed E-state index contributed by atoms with van der Waals surface area (Å²) >= 11 is 8.49. The Balaban J connectivity index is 2.30. The topological polar surface area (TPSA) is 30.0 Å². The van der Waals surface area contributed by atoms with E-state index in [-0.39, 0.29) is 5.78 Å². The van der Waals surface area contributed by atoms with Gasteiger partial charge in [-0.25, -0.2) is 4.98 Å². The zero-order valence-electron chi connectivity index (χ0n) is 9.48. The van der Waals surface area contributed by atoms with Gasteiger partial charge in [0.05, 0.1) is 4.47 Å². The summed E-state index contributed by atoms with van der Waals surface area (Å²) in [5, 5.41) is 0.897. The van der Waals surface area contributed by atoms with E-state index in [1.165, 1.54) is 0 Å². The summed E-state index contributed by atoms with van der Waals surface area (Å²) in [4.78, 5) is 16.6. The summed E-state index contributed by atoms with van der Waals surface area (Å²) in [6, 6.07) is 9.41. The predicted octanol–water partition coefficient (Wildman–Crippen LogP) is 4.96. The van der Waals surface area contributed by atoms with E-state index in [0.717, 1.165) is 18.9 Å². The molecule has 0 unspecified atom stereocenters. The molecule has 0 fully saturated rings. The number of hydrogen-bond acceptors (Lipinski definition) is 3. The molecule has 0 radical (unpaired) electrons. The summed E-state index contributed by atoms with van der Waals surface area (Å²) < 4.78 is 1.86. The number of halogens is 2. The second kappa shape index (κ2) is 5.99. The first kappa shape index (κ1) is 13.8. The van der Waals surface area contributed by atoms with Crippen LogP contribution in [0.15, 0.2) is 55.4 Å². The molecule has 2 rings (SSSR count). The van der Waals surface area contributed by atoms with Crippen LogP contribution in [-0.2, 0) is 0 Å². The molecule has 0 saturated carbocycles. The number of hydrogen-bond donors (Lipinski definition) is 0. The van der Waals surface area contributed by atoms with E-state index in [0.29, 0.717) is 5.56 Å². The molecule has 0 N–H and O–H groups in total. The van der Waals surface area contributed by atoms with Crippen molar-refractivity contribution in [1.29, 1.82) is 0 Å². The minimum absolute atomic E-state index is 0.0614. The Bertz CT molecular complexity index is 601. The molecule has 0 aliphatic heterocycles. The van der Waals surface area contributed by atoms with Gasteiger partial charge in [0.1, 0.15) is 5.03 Å². The number of pyridine rings is 1. The fourth-order valence-corrected chi connectivity index (χ4v) is 3.25. The highest BCUT2D eigenvalue weighted by molar-refractivity contribution is 9.11. The fourth-order valence-electron chi connectivity index (χ4n) is 1.35. The van der Waals surface area contributed by atoms with Gasteiger partial charge in [-0.3, -0.25) is 4.79 Å². The van der Waals surface area contributed by atoms with Gasteiger partial charge in [0, 0.05) is 21.1 Å². The van der Waals surface area contributed by atoms with Gasteiger partial charge in [-0.05, 0) is 63.0 Å². The first-order valence-corrected chi connectivity index (χ1v) is 7.57. The van der Waals surface area contributed by atoms with Gasteiger partial charge in [0.2, 0.25) is 0 Å². The number of Topliss-reactive ketones (excluding diaryl/α,β-unsaturated/α-hetero) is 1. The molecule has 18 heavy (non-hydrogen) atoms. The number of carbonyl (C=O) groups is 1. The third kappa shape index (κ3) is 3.22. The van der Waals surface area contributed by atoms with Gasteiger partial charge >= 0.3 is 0 Å². The molecule has 2 nitrogen and oxygen atoms in total. The number of ketones is 1. The minimum atomic E-state index is 0.0614. The van der Waals surface area contributed by atoms with Crippen molar-refractivity contribution in [3.63, 3.8) is 0 Å². The third-order valence-electron chi connectivity index (χ3n) is 2.27. The molecule has 92 valence electrons. The van der Waals surface area contributed by atoms with E-state index in [2.05, 4.69) is 36.8 Å². The second-order valence-corrected chi connectivity index (χ2v) is 6.33. The normalized spacial score (nSPS) is 10.4. The van der Waals surface area contributed by atoms with Gasteiger partial charge in [0.25, 0.3) is 0 Å². The maximum absolute atomic E-state index is 11.3. The van der Waals surface area contributed by atoms with Crippen LogP contribution in [0, 0.1) is 0 Å². The van der Waals surface area contributed by atoms with E-state index in [9.17, 15) is 4.79 Å². The van der Waals surface area contributed by atoms with Crippen LogP contribution in [0.2, 0.25) is 0 Å². The third-order valence-corrected chi connectivity index (χ3v) is 5.19. The summed E-state index contributed by atoms with van der Waals surface area (Å²) in [6.07, 6.45) is 1.75. The predicted molar refractivity (Wildman–Crippen MR) is 80.2 cm³/mol. The Morgan fingerprint density at radius 3 is 2.61 bits per heavy atom. The number of nitrogens with zero attached hydrogens (tertiary/aromatic N) is 1. The largest absolute Gasteiger partial charge is 0.295 e. The monoisotopic (exact) mass is 385 g/mol. The Hall–Kier alpha value is -0.650. The highest BCUT2D eigenvalue weighted by atomic mass is 79.9. The minimum Gasteiger partial charge on any atom is -0.295 e. The highest BCUT2D eigenvalue weighted by Crippen LogP contribution is 2.36. The van der Waals surface area contributed by atoms with Crippen molar-refractivity contribution in [3.8, 4) is 0 Å². The number of rotatable bonds is 3. The highest BCUT2D eigenvalue weighted by Gasteiger charge is 2.08. The molecule has 0 amide bonds. The van der Waals surface area contributed by atoms with E-state index in [1.807, 2.05) is 30.3 Å². The number of benzene rings is 1. The molecule has 0 aliphatic carbocycles. The molecule has 0 bridgehead atoms. The van der Waals surface area contributed by atoms with Crippen LogP contribution in [0.1, 0.15) is 17.3 Å². The maximum atomic E-state index is 11.3. The van der Waals surface area contributed by atoms with Gasteiger partial charge in [-0.1, -0.05) is 17.8 Å². The average Bonchev–Trinajstić information content (AvgIpc) is 2.34. The van der Waals surface area contributed by atoms with Crippen LogP contribution in [0.5, 0.6) is 0 Å². The van der Waals surface area contributed by atoms with Crippen molar-refractivity contribution in [3.05, 3.63) is 51.0 Å². The van der Waals surface area contributed by atoms with E-state index in [1.54, 1.807) is 24.9 Å². The molecule has 0 spiro atoms. The molecule has 0 saturated heterocycles. The standard InChI is InChI=1S/C13H9Br2NOS/c1-8(17)9-4-5-12(11(15)7-9)18-13-10(14)3-2-6-16-13/h2-7H,1H3. The van der Waals surface area contributed by atoms with Crippen molar-refractivity contribution in [2.75, 3.05) is 0 Å². The Labute approximate surface area is 126 Å². The van der Waals surface area contributed by atoms with E-state index >= 15 is 0 Å². The Kier molecular flexibility index (Phi) is 4.59. The van der Waals surface area contributed by atoms with Crippen LogP contribution >= 0.6 is 43.6 Å². The smallest absolute Gasteiger partial charge is 0.159 e. The molecule has 0 atom stereocenters. The molecule has 1 heterocycles. The van der Waals surface area contributed by atoms with Gasteiger partial charge in [0.15, 0.2) is 5.78 Å². The van der Waals surface area contributed by atoms with Crippen molar-refractivity contribution in [2.24, 2.45) is 0 Å². The number of aromatic nitrogens is 1. The van der Waals surface area contributed by atoms with Crippen LogP contribution in [0.3, 0.4) is 0 Å². The molecular formula is C13H9Br2NOS. The van der Waals surface area contributed by atoms with Crippen molar-refractivity contribution in [2.45, 2.75) is 16.8 Å². The van der Waals surface area contributed by atoms with Crippen LogP contribution in [-0.4, -0.2) is 10.8 Å². The van der Waals surface area contributed by atoms with E-state index < -0.39 is 0 Å². The lowest BCUT2D eigenvalue weighted by Gasteiger charge is -2.06. The molecule has 0 aliphatic rings. The molecule has 5 heteroatoms. The van der Waals surface area contributed by atoms with E-state index in [4.69, 9.17) is 0 Å². The number of carbonyl (C=O) groups excluding carboxylic acids is 1. The van der Waals surface area contributed by atoms with Crippen molar-refractivity contribution >= 4 is 49.4 Å². The zero-order valence-corrected chi connectivity index (χ0v) is 13.5. The lowest BCUT2D eigenvalue weighted by molar-refractivity contribution is 0.101. The average molecular weight is 387 g/mol. The van der Waals surface area contributed by atoms with Crippen LogP contribution in [0.25, 0.3) is 0 Å². The van der Waals surface area contributed by atoms with Gasteiger partial charge < -0.3 is 0 Å². The summed E-state index contributed by atoms with van der Waals surface area (Å²) in [5.41, 5.74) is 0.700. The second-order valence-electron chi connectivity index (χ2n) is 3.59. The Morgan fingerprint density at radius 2 is 2.00 bits per heavy atom. The zero-order chi connectivity index (χ0) is 13.1. The quantitative estimate of drug-likeness (QED) is 0.698. The summed E-state index contributed by atoms with van der Waals surface area (Å²) in [7, 11) is 0.